The summed E-state index contributed by atoms with van der Waals surface area (Å²) in [7, 11) is 0. The average molecular weight is 286 g/mol. The van der Waals surface area contributed by atoms with Crippen LogP contribution in [0.3, 0.4) is 0 Å². The molecule has 0 saturated carbocycles. The van der Waals surface area contributed by atoms with Crippen LogP contribution >= 0.6 is 11.6 Å². The van der Waals surface area contributed by atoms with E-state index in [4.69, 9.17) is 21.8 Å². The minimum atomic E-state index is -0.150. The average Bonchev–Trinajstić information content (AvgIpc) is 2.81. The molecule has 3 aromatic rings. The summed E-state index contributed by atoms with van der Waals surface area (Å²) in [6.45, 7) is 2.08. The van der Waals surface area contributed by atoms with Gasteiger partial charge in [0.2, 0.25) is 0 Å². The van der Waals surface area contributed by atoms with Crippen LogP contribution in [0.4, 0.5) is 0 Å². The molecule has 3 rings (SSSR count). The van der Waals surface area contributed by atoms with E-state index in [1.807, 2.05) is 24.3 Å². The van der Waals surface area contributed by atoms with Gasteiger partial charge in [-0.15, -0.1) is 0 Å². The van der Waals surface area contributed by atoms with E-state index in [9.17, 15) is 0 Å². The first-order valence-corrected chi connectivity index (χ1v) is 7.00. The van der Waals surface area contributed by atoms with Gasteiger partial charge in [-0.2, -0.15) is 0 Å². The fourth-order valence-corrected chi connectivity index (χ4v) is 2.59. The highest BCUT2D eigenvalue weighted by Crippen LogP contribution is 2.27. The largest absolute Gasteiger partial charge is 0.459 e. The highest BCUT2D eigenvalue weighted by molar-refractivity contribution is 6.31. The Labute approximate surface area is 123 Å². The smallest absolute Gasteiger partial charge is 0.134 e. The Kier molecular flexibility index (Phi) is 3.51. The van der Waals surface area contributed by atoms with Crippen molar-refractivity contribution < 1.29 is 4.42 Å². The Morgan fingerprint density at radius 3 is 2.80 bits per heavy atom. The van der Waals surface area contributed by atoms with Gasteiger partial charge in [0.05, 0.1) is 6.04 Å². The van der Waals surface area contributed by atoms with Crippen LogP contribution in [0.15, 0.2) is 52.9 Å². The van der Waals surface area contributed by atoms with Gasteiger partial charge in [0.1, 0.15) is 11.3 Å². The van der Waals surface area contributed by atoms with E-state index >= 15 is 0 Å². The quantitative estimate of drug-likeness (QED) is 0.761. The normalized spacial score (nSPS) is 12.8. The molecule has 0 amide bonds. The molecule has 3 heteroatoms. The van der Waals surface area contributed by atoms with Crippen molar-refractivity contribution in [3.8, 4) is 0 Å². The molecule has 1 unspecified atom stereocenters. The second kappa shape index (κ2) is 5.31. The van der Waals surface area contributed by atoms with Gasteiger partial charge >= 0.3 is 0 Å². The van der Waals surface area contributed by atoms with Crippen molar-refractivity contribution in [2.75, 3.05) is 0 Å². The molecule has 0 aliphatic carbocycles. The van der Waals surface area contributed by atoms with E-state index in [1.54, 1.807) is 0 Å². The lowest BCUT2D eigenvalue weighted by atomic mass is 10.0. The van der Waals surface area contributed by atoms with Crippen molar-refractivity contribution in [3.05, 3.63) is 70.4 Å². The van der Waals surface area contributed by atoms with Crippen LogP contribution in [-0.4, -0.2) is 0 Å². The summed E-state index contributed by atoms with van der Waals surface area (Å²) >= 11 is 5.98. The SMILES string of the molecule is Cc1cccc(CC(N)c2cc3cc(Cl)ccc3o2)c1. The molecule has 2 aromatic carbocycles. The van der Waals surface area contributed by atoms with Crippen molar-refractivity contribution in [2.45, 2.75) is 19.4 Å². The minimum absolute atomic E-state index is 0.150. The highest BCUT2D eigenvalue weighted by atomic mass is 35.5. The van der Waals surface area contributed by atoms with Crippen LogP contribution in [0.5, 0.6) is 0 Å². The number of aryl methyl sites for hydroxylation is 1. The summed E-state index contributed by atoms with van der Waals surface area (Å²) in [6.07, 6.45) is 0.759. The molecule has 2 nitrogen and oxygen atoms in total. The Morgan fingerprint density at radius 2 is 2.00 bits per heavy atom. The molecule has 0 aliphatic heterocycles. The predicted octanol–water partition coefficient (Wildman–Crippen LogP) is 4.64. The molecule has 1 heterocycles. The van der Waals surface area contributed by atoms with Crippen LogP contribution in [0.25, 0.3) is 11.0 Å². The topological polar surface area (TPSA) is 39.2 Å². The molecule has 102 valence electrons. The fourth-order valence-electron chi connectivity index (χ4n) is 2.41. The molecule has 2 N–H and O–H groups in total. The second-order valence-electron chi connectivity index (χ2n) is 5.13. The summed E-state index contributed by atoms with van der Waals surface area (Å²) in [5.41, 5.74) is 9.54. The van der Waals surface area contributed by atoms with Gasteiger partial charge in [0, 0.05) is 10.4 Å². The zero-order chi connectivity index (χ0) is 14.1. The summed E-state index contributed by atoms with van der Waals surface area (Å²) < 4.78 is 5.80. The first-order valence-electron chi connectivity index (χ1n) is 6.62. The molecular formula is C17H16ClNO. The van der Waals surface area contributed by atoms with E-state index in [2.05, 4.69) is 31.2 Å². The number of nitrogens with two attached hydrogens (primary N) is 1. The molecule has 20 heavy (non-hydrogen) atoms. The second-order valence-corrected chi connectivity index (χ2v) is 5.57. The van der Waals surface area contributed by atoms with Gasteiger partial charge in [0.25, 0.3) is 0 Å². The third-order valence-electron chi connectivity index (χ3n) is 3.40. The van der Waals surface area contributed by atoms with Crippen LogP contribution in [0.2, 0.25) is 5.02 Å². The molecule has 0 saturated heterocycles. The van der Waals surface area contributed by atoms with Crippen molar-refractivity contribution in [3.63, 3.8) is 0 Å². The van der Waals surface area contributed by atoms with Gasteiger partial charge in [0.15, 0.2) is 0 Å². The zero-order valence-corrected chi connectivity index (χ0v) is 12.0. The highest BCUT2D eigenvalue weighted by Gasteiger charge is 2.13. The summed E-state index contributed by atoms with van der Waals surface area (Å²) in [5, 5.41) is 1.70. The molecule has 1 aromatic heterocycles. The predicted molar refractivity (Wildman–Crippen MR) is 83.0 cm³/mol. The Morgan fingerprint density at radius 1 is 1.15 bits per heavy atom. The molecule has 0 bridgehead atoms. The first kappa shape index (κ1) is 13.2. The third kappa shape index (κ3) is 2.72. The molecular weight excluding hydrogens is 270 g/mol. The molecule has 0 spiro atoms. The van der Waals surface area contributed by atoms with Gasteiger partial charge in [-0.3, -0.25) is 0 Å². The van der Waals surface area contributed by atoms with E-state index in [-0.39, 0.29) is 6.04 Å². The van der Waals surface area contributed by atoms with E-state index in [1.165, 1.54) is 11.1 Å². The lowest BCUT2D eigenvalue weighted by molar-refractivity contribution is 0.494. The molecule has 0 fully saturated rings. The lowest BCUT2D eigenvalue weighted by Crippen LogP contribution is -2.12. The monoisotopic (exact) mass is 285 g/mol. The fraction of sp³-hybridized carbons (Fsp3) is 0.176. The Balaban J connectivity index is 1.86. The third-order valence-corrected chi connectivity index (χ3v) is 3.64. The van der Waals surface area contributed by atoms with Gasteiger partial charge in [-0.1, -0.05) is 41.4 Å². The summed E-state index contributed by atoms with van der Waals surface area (Å²) in [4.78, 5) is 0. The number of benzene rings is 2. The van der Waals surface area contributed by atoms with E-state index < -0.39 is 0 Å². The molecule has 0 radical (unpaired) electrons. The summed E-state index contributed by atoms with van der Waals surface area (Å²) in [5.74, 6) is 0.795. The maximum Gasteiger partial charge on any atom is 0.134 e. The summed E-state index contributed by atoms with van der Waals surface area (Å²) in [6, 6.07) is 15.8. The van der Waals surface area contributed by atoms with E-state index in [0.29, 0.717) is 5.02 Å². The molecule has 1 atom stereocenters. The van der Waals surface area contributed by atoms with Gasteiger partial charge in [-0.25, -0.2) is 0 Å². The van der Waals surface area contributed by atoms with Crippen molar-refractivity contribution >= 4 is 22.6 Å². The number of hydrogen-bond donors (Lipinski definition) is 1. The zero-order valence-electron chi connectivity index (χ0n) is 11.3. The number of fused-ring (bicyclic) bond motifs is 1. The number of halogens is 1. The lowest BCUT2D eigenvalue weighted by Gasteiger charge is -2.09. The van der Waals surface area contributed by atoms with Crippen molar-refractivity contribution in [1.82, 2.24) is 0 Å². The van der Waals surface area contributed by atoms with Gasteiger partial charge in [-0.05, 0) is 43.2 Å². The molecule has 0 aliphatic rings. The van der Waals surface area contributed by atoms with Gasteiger partial charge < -0.3 is 10.2 Å². The van der Waals surface area contributed by atoms with Crippen LogP contribution in [-0.2, 0) is 6.42 Å². The van der Waals surface area contributed by atoms with Crippen LogP contribution in [0, 0.1) is 6.92 Å². The van der Waals surface area contributed by atoms with E-state index in [0.717, 1.165) is 23.2 Å². The van der Waals surface area contributed by atoms with Crippen LogP contribution < -0.4 is 5.73 Å². The van der Waals surface area contributed by atoms with Crippen molar-refractivity contribution in [1.29, 1.82) is 0 Å². The maximum absolute atomic E-state index is 6.25. The number of rotatable bonds is 3. The number of hydrogen-bond acceptors (Lipinski definition) is 2. The Bertz CT molecular complexity index is 748. The Hall–Kier alpha value is -1.77. The minimum Gasteiger partial charge on any atom is -0.459 e. The van der Waals surface area contributed by atoms with Crippen molar-refractivity contribution in [2.24, 2.45) is 5.73 Å². The number of furan rings is 1. The standard InChI is InChI=1S/C17H16ClNO/c1-11-3-2-4-12(7-11)8-15(19)17-10-13-9-14(18)5-6-16(13)20-17/h2-7,9-10,15H,8,19H2,1H3. The maximum atomic E-state index is 6.25. The van der Waals surface area contributed by atoms with Crippen LogP contribution in [0.1, 0.15) is 22.9 Å². The first-order chi connectivity index (χ1) is 9.61.